The summed E-state index contributed by atoms with van der Waals surface area (Å²) >= 11 is 0. The molecule has 1 heteroatoms. The van der Waals surface area contributed by atoms with Crippen molar-refractivity contribution in [2.45, 2.75) is 10.8 Å². The number of benzene rings is 11. The Labute approximate surface area is 404 Å². The van der Waals surface area contributed by atoms with Crippen LogP contribution in [-0.4, -0.2) is 0 Å². The van der Waals surface area contributed by atoms with E-state index in [1.807, 2.05) is 0 Å². The number of hydrogen-bond donors (Lipinski definition) is 0. The van der Waals surface area contributed by atoms with Crippen molar-refractivity contribution >= 4 is 17.1 Å². The van der Waals surface area contributed by atoms with Gasteiger partial charge < -0.3 is 4.90 Å². The molecule has 0 atom stereocenters. The van der Waals surface area contributed by atoms with E-state index in [1.54, 1.807) is 0 Å². The van der Waals surface area contributed by atoms with Crippen LogP contribution in [0.4, 0.5) is 17.1 Å². The first-order valence-corrected chi connectivity index (χ1v) is 24.0. The molecule has 0 aliphatic heterocycles. The standard InChI is InChI=1S/C68H47N/c1-6-20-48(21-7-1)49-34-36-50(37-35-49)51-38-40-56(41-39-51)69(57-42-44-65-61(46-57)59-30-16-18-32-63(59)67(65,52-22-8-2-9-23-52)53-24-10-3-11-25-53)58-43-45-66-62(47-58)60-31-17-19-33-64(60)68(66,54-26-12-4-13-27-54)55-28-14-5-15-29-55/h1-47H. The first kappa shape index (κ1) is 40.5. The van der Waals surface area contributed by atoms with Gasteiger partial charge in [0, 0.05) is 17.1 Å². The summed E-state index contributed by atoms with van der Waals surface area (Å²) in [5.74, 6) is 0. The molecule has 0 saturated carbocycles. The maximum Gasteiger partial charge on any atom is 0.0713 e. The molecule has 0 unspecified atom stereocenters. The van der Waals surface area contributed by atoms with Crippen molar-refractivity contribution in [1.82, 2.24) is 0 Å². The molecular weight excluding hydrogens is 831 g/mol. The smallest absolute Gasteiger partial charge is 0.0713 e. The predicted octanol–water partition coefficient (Wildman–Crippen LogP) is 17.2. The highest BCUT2D eigenvalue weighted by Gasteiger charge is 2.48. The summed E-state index contributed by atoms with van der Waals surface area (Å²) in [6.07, 6.45) is 0. The van der Waals surface area contributed by atoms with Gasteiger partial charge in [0.05, 0.1) is 10.8 Å². The fourth-order valence-corrected chi connectivity index (χ4v) is 11.9. The van der Waals surface area contributed by atoms with E-state index in [0.717, 1.165) is 17.1 Å². The molecule has 0 spiro atoms. The van der Waals surface area contributed by atoms with Crippen LogP contribution in [0.2, 0.25) is 0 Å². The average Bonchev–Trinajstić information content (AvgIpc) is 3.90. The Morgan fingerprint density at radius 3 is 0.855 bits per heavy atom. The lowest BCUT2D eigenvalue weighted by molar-refractivity contribution is 0.768. The van der Waals surface area contributed by atoms with Gasteiger partial charge in [-0.1, -0.05) is 249 Å². The highest BCUT2D eigenvalue weighted by Crippen LogP contribution is 2.59. The minimum absolute atomic E-state index is 0.481. The molecule has 0 aromatic heterocycles. The molecular formula is C68H47N. The summed E-state index contributed by atoms with van der Waals surface area (Å²) in [5.41, 5.74) is 22.4. The quantitative estimate of drug-likeness (QED) is 0.140. The molecule has 0 heterocycles. The fraction of sp³-hybridized carbons (Fsp3) is 0.0294. The highest BCUT2D eigenvalue weighted by molar-refractivity contribution is 5.93. The monoisotopic (exact) mass is 877 g/mol. The van der Waals surface area contributed by atoms with Crippen LogP contribution in [0.3, 0.4) is 0 Å². The van der Waals surface area contributed by atoms with Gasteiger partial charge in [-0.15, -0.1) is 0 Å². The number of nitrogens with zero attached hydrogens (tertiary/aromatic N) is 1. The van der Waals surface area contributed by atoms with E-state index in [4.69, 9.17) is 0 Å². The maximum atomic E-state index is 2.46. The molecule has 13 rings (SSSR count). The second kappa shape index (κ2) is 16.5. The first-order chi connectivity index (χ1) is 34.2. The Balaban J connectivity index is 1.01. The Bertz CT molecular complexity index is 3360. The summed E-state index contributed by atoms with van der Waals surface area (Å²) in [7, 11) is 0. The third-order valence-electron chi connectivity index (χ3n) is 14.9. The number of anilines is 3. The molecule has 11 aromatic carbocycles. The molecule has 0 radical (unpaired) electrons. The number of hydrogen-bond acceptors (Lipinski definition) is 1. The van der Waals surface area contributed by atoms with Gasteiger partial charge in [0.2, 0.25) is 0 Å². The second-order valence-corrected chi connectivity index (χ2v) is 18.3. The molecule has 0 bridgehead atoms. The average molecular weight is 878 g/mol. The van der Waals surface area contributed by atoms with E-state index in [2.05, 4.69) is 290 Å². The highest BCUT2D eigenvalue weighted by atomic mass is 15.1. The molecule has 0 fully saturated rings. The van der Waals surface area contributed by atoms with Crippen LogP contribution in [0.5, 0.6) is 0 Å². The zero-order valence-corrected chi connectivity index (χ0v) is 38.1. The van der Waals surface area contributed by atoms with E-state index in [9.17, 15) is 0 Å². The molecule has 324 valence electrons. The Kier molecular flexibility index (Phi) is 9.70. The molecule has 2 aliphatic rings. The SMILES string of the molecule is c1ccc(-c2ccc(-c3ccc(N(c4ccc5c(c4)-c4ccccc4C5(c4ccccc4)c4ccccc4)c4ccc5c(c4)-c4ccccc4C5(c4ccccc4)c4ccccc4)cc3)cc2)cc1. The van der Waals surface area contributed by atoms with Gasteiger partial charge in [-0.25, -0.2) is 0 Å². The Hall–Kier alpha value is -8.78. The van der Waals surface area contributed by atoms with Crippen LogP contribution >= 0.6 is 0 Å². The van der Waals surface area contributed by atoms with Gasteiger partial charge in [-0.2, -0.15) is 0 Å². The first-order valence-electron chi connectivity index (χ1n) is 24.0. The maximum absolute atomic E-state index is 2.46. The van der Waals surface area contributed by atoms with E-state index in [-0.39, 0.29) is 0 Å². The summed E-state index contributed by atoms with van der Waals surface area (Å²) in [5, 5.41) is 0. The van der Waals surface area contributed by atoms with Gasteiger partial charge in [0.25, 0.3) is 0 Å². The van der Waals surface area contributed by atoms with E-state index in [1.165, 1.54) is 89.0 Å². The van der Waals surface area contributed by atoms with Crippen LogP contribution in [0.1, 0.15) is 44.5 Å². The van der Waals surface area contributed by atoms with Gasteiger partial charge in [0.1, 0.15) is 0 Å². The van der Waals surface area contributed by atoms with Gasteiger partial charge in [-0.3, -0.25) is 0 Å². The van der Waals surface area contributed by atoms with Crippen LogP contribution in [0.15, 0.2) is 285 Å². The van der Waals surface area contributed by atoms with Gasteiger partial charge in [0.15, 0.2) is 0 Å². The molecule has 11 aromatic rings. The summed E-state index contributed by atoms with van der Waals surface area (Å²) in [4.78, 5) is 2.46. The van der Waals surface area contributed by atoms with Crippen LogP contribution in [0, 0.1) is 0 Å². The summed E-state index contributed by atoms with van der Waals surface area (Å²) in [6, 6.07) is 105. The van der Waals surface area contributed by atoms with Crippen molar-refractivity contribution in [2.24, 2.45) is 0 Å². The molecule has 0 saturated heterocycles. The van der Waals surface area contributed by atoms with Crippen molar-refractivity contribution in [3.8, 4) is 44.5 Å². The largest absolute Gasteiger partial charge is 0.310 e. The van der Waals surface area contributed by atoms with E-state index in [0.29, 0.717) is 0 Å². The third-order valence-corrected chi connectivity index (χ3v) is 14.9. The Morgan fingerprint density at radius 2 is 0.478 bits per heavy atom. The summed E-state index contributed by atoms with van der Waals surface area (Å²) in [6.45, 7) is 0. The molecule has 0 amide bonds. The predicted molar refractivity (Wildman–Crippen MR) is 287 cm³/mol. The van der Waals surface area contributed by atoms with E-state index >= 15 is 0 Å². The van der Waals surface area contributed by atoms with Crippen LogP contribution in [0.25, 0.3) is 44.5 Å². The van der Waals surface area contributed by atoms with Crippen molar-refractivity contribution in [3.63, 3.8) is 0 Å². The normalized spacial score (nSPS) is 13.4. The van der Waals surface area contributed by atoms with Crippen molar-refractivity contribution < 1.29 is 0 Å². The van der Waals surface area contributed by atoms with Gasteiger partial charge >= 0.3 is 0 Å². The molecule has 69 heavy (non-hydrogen) atoms. The lowest BCUT2D eigenvalue weighted by atomic mass is 9.67. The van der Waals surface area contributed by atoms with Crippen LogP contribution in [-0.2, 0) is 10.8 Å². The van der Waals surface area contributed by atoms with Crippen molar-refractivity contribution in [2.75, 3.05) is 4.90 Å². The minimum atomic E-state index is -0.481. The van der Waals surface area contributed by atoms with Crippen molar-refractivity contribution in [3.05, 3.63) is 330 Å². The lowest BCUT2D eigenvalue weighted by Gasteiger charge is -2.34. The zero-order chi connectivity index (χ0) is 45.8. The third kappa shape index (κ3) is 6.32. The van der Waals surface area contributed by atoms with Crippen molar-refractivity contribution in [1.29, 1.82) is 0 Å². The lowest BCUT2D eigenvalue weighted by Crippen LogP contribution is -2.28. The topological polar surface area (TPSA) is 3.24 Å². The molecule has 2 aliphatic carbocycles. The molecule has 0 N–H and O–H groups in total. The second-order valence-electron chi connectivity index (χ2n) is 18.3. The summed E-state index contributed by atoms with van der Waals surface area (Å²) < 4.78 is 0. The minimum Gasteiger partial charge on any atom is -0.310 e. The van der Waals surface area contributed by atoms with Gasteiger partial charge in [-0.05, 0) is 125 Å². The number of rotatable bonds is 9. The zero-order valence-electron chi connectivity index (χ0n) is 38.1. The van der Waals surface area contributed by atoms with E-state index < -0.39 is 10.8 Å². The number of fused-ring (bicyclic) bond motifs is 6. The molecule has 1 nitrogen and oxygen atoms in total. The Morgan fingerprint density at radius 1 is 0.203 bits per heavy atom. The fourth-order valence-electron chi connectivity index (χ4n) is 11.9. The van der Waals surface area contributed by atoms with Crippen LogP contribution < -0.4 is 4.90 Å².